The molecule has 2 fully saturated rings. The van der Waals surface area contributed by atoms with Gasteiger partial charge in [-0.15, -0.1) is 0 Å². The highest BCUT2D eigenvalue weighted by molar-refractivity contribution is 5.76. The molecule has 4 rings (SSSR count). The van der Waals surface area contributed by atoms with E-state index >= 15 is 0 Å². The summed E-state index contributed by atoms with van der Waals surface area (Å²) in [4.78, 5) is 7.55. The van der Waals surface area contributed by atoms with Crippen LogP contribution in [0, 0.1) is 5.41 Å². The van der Waals surface area contributed by atoms with Gasteiger partial charge in [0.1, 0.15) is 5.82 Å². The van der Waals surface area contributed by atoms with E-state index in [0.717, 1.165) is 12.1 Å². The van der Waals surface area contributed by atoms with Crippen molar-refractivity contribution in [2.75, 3.05) is 26.2 Å². The molecule has 1 N–H and O–H groups in total. The molecule has 0 saturated carbocycles. The molecular weight excluding hydrogens is 284 g/mol. The van der Waals surface area contributed by atoms with Crippen molar-refractivity contribution in [2.24, 2.45) is 5.41 Å². The number of hydrogen-bond acceptors (Lipinski definition) is 3. The Morgan fingerprint density at radius 3 is 2.91 bits per heavy atom. The maximum Gasteiger partial charge on any atom is 0.124 e. The van der Waals surface area contributed by atoms with Gasteiger partial charge in [-0.3, -0.25) is 4.90 Å². The molecule has 1 aromatic carbocycles. The number of benzene rings is 1. The second-order valence-corrected chi connectivity index (χ2v) is 7.72. The summed E-state index contributed by atoms with van der Waals surface area (Å²) < 4.78 is 2.42. The van der Waals surface area contributed by atoms with Crippen molar-refractivity contribution in [3.05, 3.63) is 30.1 Å². The number of piperidine rings is 1. The maximum absolute atomic E-state index is 4.94. The van der Waals surface area contributed by atoms with Gasteiger partial charge in [-0.25, -0.2) is 4.98 Å². The van der Waals surface area contributed by atoms with Gasteiger partial charge in [0.25, 0.3) is 0 Å². The quantitative estimate of drug-likeness (QED) is 0.945. The third kappa shape index (κ3) is 2.79. The minimum atomic E-state index is 0.449. The van der Waals surface area contributed by atoms with E-state index in [2.05, 4.69) is 52.9 Å². The SMILES string of the molecule is CC(C)n1c(CN2CCC3(CCCNC3)C2)nc2ccccc21. The summed E-state index contributed by atoms with van der Waals surface area (Å²) in [5, 5.41) is 3.61. The first kappa shape index (κ1) is 15.2. The van der Waals surface area contributed by atoms with E-state index in [9.17, 15) is 0 Å². The Morgan fingerprint density at radius 1 is 1.26 bits per heavy atom. The van der Waals surface area contributed by atoms with Gasteiger partial charge < -0.3 is 9.88 Å². The molecule has 2 aliphatic rings. The lowest BCUT2D eigenvalue weighted by Crippen LogP contribution is -2.41. The largest absolute Gasteiger partial charge is 0.324 e. The van der Waals surface area contributed by atoms with Crippen molar-refractivity contribution in [2.45, 2.75) is 45.7 Å². The molecule has 0 aliphatic carbocycles. The number of nitrogens with one attached hydrogen (secondary N) is 1. The van der Waals surface area contributed by atoms with E-state index in [-0.39, 0.29) is 0 Å². The fourth-order valence-electron chi connectivity index (χ4n) is 4.52. The molecule has 2 aromatic rings. The highest BCUT2D eigenvalue weighted by atomic mass is 15.2. The van der Waals surface area contributed by atoms with Crippen molar-refractivity contribution in [3.8, 4) is 0 Å². The van der Waals surface area contributed by atoms with Crippen molar-refractivity contribution in [1.82, 2.24) is 19.8 Å². The molecule has 4 heteroatoms. The number of likely N-dealkylation sites (tertiary alicyclic amines) is 1. The molecule has 124 valence electrons. The molecule has 0 bridgehead atoms. The van der Waals surface area contributed by atoms with Gasteiger partial charge >= 0.3 is 0 Å². The van der Waals surface area contributed by atoms with Crippen LogP contribution in [0.3, 0.4) is 0 Å². The number of rotatable bonds is 3. The van der Waals surface area contributed by atoms with E-state index < -0.39 is 0 Å². The van der Waals surface area contributed by atoms with Gasteiger partial charge in [0.05, 0.1) is 17.6 Å². The predicted octanol–water partition coefficient (Wildman–Crippen LogP) is 3.19. The van der Waals surface area contributed by atoms with E-state index in [4.69, 9.17) is 4.98 Å². The zero-order chi connectivity index (χ0) is 15.9. The average Bonchev–Trinajstić information content (AvgIpc) is 3.09. The molecule has 1 aromatic heterocycles. The summed E-state index contributed by atoms with van der Waals surface area (Å²) in [6.45, 7) is 10.3. The molecule has 4 nitrogen and oxygen atoms in total. The monoisotopic (exact) mass is 312 g/mol. The summed E-state index contributed by atoms with van der Waals surface area (Å²) in [5.41, 5.74) is 2.92. The Kier molecular flexibility index (Phi) is 3.90. The van der Waals surface area contributed by atoms with Crippen molar-refractivity contribution < 1.29 is 0 Å². The maximum atomic E-state index is 4.94. The lowest BCUT2D eigenvalue weighted by atomic mass is 9.80. The van der Waals surface area contributed by atoms with E-state index in [0.29, 0.717) is 11.5 Å². The molecule has 1 atom stereocenters. The van der Waals surface area contributed by atoms with E-state index in [1.165, 1.54) is 56.8 Å². The van der Waals surface area contributed by atoms with Crippen molar-refractivity contribution >= 4 is 11.0 Å². The highest BCUT2D eigenvalue weighted by Gasteiger charge is 2.39. The Morgan fingerprint density at radius 2 is 2.13 bits per heavy atom. The Balaban J connectivity index is 1.57. The molecule has 1 spiro atoms. The fourth-order valence-corrected chi connectivity index (χ4v) is 4.52. The smallest absolute Gasteiger partial charge is 0.124 e. The van der Waals surface area contributed by atoms with Gasteiger partial charge in [0, 0.05) is 19.1 Å². The van der Waals surface area contributed by atoms with Crippen molar-refractivity contribution in [3.63, 3.8) is 0 Å². The Hall–Kier alpha value is -1.39. The van der Waals surface area contributed by atoms with Crippen molar-refractivity contribution in [1.29, 1.82) is 0 Å². The van der Waals surface area contributed by atoms with Crippen LogP contribution in [0.1, 0.15) is 45.0 Å². The molecular formula is C19H28N4. The lowest BCUT2D eigenvalue weighted by Gasteiger charge is -2.34. The fraction of sp³-hybridized carbons (Fsp3) is 0.632. The van der Waals surface area contributed by atoms with Crippen LogP contribution >= 0.6 is 0 Å². The minimum absolute atomic E-state index is 0.449. The van der Waals surface area contributed by atoms with Crippen LogP contribution in [0.5, 0.6) is 0 Å². The van der Waals surface area contributed by atoms with E-state index in [1.807, 2.05) is 0 Å². The van der Waals surface area contributed by atoms with Gasteiger partial charge in [-0.1, -0.05) is 12.1 Å². The second kappa shape index (κ2) is 5.91. The Labute approximate surface area is 138 Å². The van der Waals surface area contributed by atoms with Gasteiger partial charge in [-0.2, -0.15) is 0 Å². The number of imidazole rings is 1. The van der Waals surface area contributed by atoms with E-state index in [1.54, 1.807) is 0 Å². The van der Waals surface area contributed by atoms with Gasteiger partial charge in [0.2, 0.25) is 0 Å². The van der Waals surface area contributed by atoms with Crippen LogP contribution in [0.2, 0.25) is 0 Å². The predicted molar refractivity (Wildman–Crippen MR) is 94.5 cm³/mol. The summed E-state index contributed by atoms with van der Waals surface area (Å²) in [5.74, 6) is 1.22. The molecule has 1 unspecified atom stereocenters. The summed E-state index contributed by atoms with van der Waals surface area (Å²) in [6.07, 6.45) is 4.05. The zero-order valence-corrected chi connectivity index (χ0v) is 14.4. The summed E-state index contributed by atoms with van der Waals surface area (Å²) >= 11 is 0. The first-order valence-corrected chi connectivity index (χ1v) is 9.06. The zero-order valence-electron chi connectivity index (χ0n) is 14.4. The topological polar surface area (TPSA) is 33.1 Å². The molecule has 23 heavy (non-hydrogen) atoms. The number of fused-ring (bicyclic) bond motifs is 1. The highest BCUT2D eigenvalue weighted by Crippen LogP contribution is 2.37. The van der Waals surface area contributed by atoms with Crippen LogP contribution in [0.15, 0.2) is 24.3 Å². The average molecular weight is 312 g/mol. The van der Waals surface area contributed by atoms with Crippen LogP contribution in [0.4, 0.5) is 0 Å². The van der Waals surface area contributed by atoms with Crippen LogP contribution in [0.25, 0.3) is 11.0 Å². The number of hydrogen-bond donors (Lipinski definition) is 1. The van der Waals surface area contributed by atoms with Gasteiger partial charge in [0.15, 0.2) is 0 Å². The Bertz CT molecular complexity index is 682. The number of aromatic nitrogens is 2. The number of para-hydroxylation sites is 2. The lowest BCUT2D eigenvalue weighted by molar-refractivity contribution is 0.197. The summed E-state index contributed by atoms with van der Waals surface area (Å²) in [7, 11) is 0. The molecule has 0 amide bonds. The summed E-state index contributed by atoms with van der Waals surface area (Å²) in [6, 6.07) is 8.98. The third-order valence-electron chi connectivity index (χ3n) is 5.63. The second-order valence-electron chi connectivity index (χ2n) is 7.72. The third-order valence-corrected chi connectivity index (χ3v) is 5.63. The molecule has 3 heterocycles. The number of nitrogens with zero attached hydrogens (tertiary/aromatic N) is 3. The molecule has 0 radical (unpaired) electrons. The minimum Gasteiger partial charge on any atom is -0.324 e. The first-order valence-electron chi connectivity index (χ1n) is 9.06. The van der Waals surface area contributed by atoms with Gasteiger partial charge in [-0.05, 0) is 63.7 Å². The standard InChI is InChI=1S/C19H28N4/c1-15(2)23-17-7-4-3-6-16(17)21-18(23)12-22-11-9-19(14-22)8-5-10-20-13-19/h3-4,6-7,15,20H,5,8-14H2,1-2H3. The van der Waals surface area contributed by atoms with Crippen LogP contribution in [-0.4, -0.2) is 40.6 Å². The molecule has 2 saturated heterocycles. The van der Waals surface area contributed by atoms with Crippen LogP contribution < -0.4 is 5.32 Å². The first-order chi connectivity index (χ1) is 11.2. The van der Waals surface area contributed by atoms with Crippen LogP contribution in [-0.2, 0) is 6.54 Å². The molecule has 2 aliphatic heterocycles. The normalized spacial score (nSPS) is 25.9.